The quantitative estimate of drug-likeness (QED) is 0.642. The summed E-state index contributed by atoms with van der Waals surface area (Å²) in [6.07, 6.45) is 6.81. The minimum Gasteiger partial charge on any atom is -0.481 e. The average molecular weight is 297 g/mol. The van der Waals surface area contributed by atoms with Crippen molar-refractivity contribution >= 4 is 23.3 Å². The topological polar surface area (TPSA) is 77.3 Å². The van der Waals surface area contributed by atoms with Gasteiger partial charge in [0.1, 0.15) is 0 Å². The molecule has 2 rings (SSSR count). The molecule has 1 N–H and O–H groups in total. The van der Waals surface area contributed by atoms with Gasteiger partial charge < -0.3 is 10.1 Å². The van der Waals surface area contributed by atoms with Crippen LogP contribution in [0.15, 0.2) is 12.1 Å². The number of anilines is 1. The number of nitro groups is 1. The Hall–Kier alpha value is -1.50. The summed E-state index contributed by atoms with van der Waals surface area (Å²) < 4.78 is 5.20. The highest BCUT2D eigenvalue weighted by Crippen LogP contribution is 2.40. The van der Waals surface area contributed by atoms with Crippen molar-refractivity contribution in [1.82, 2.24) is 4.98 Å². The maximum Gasteiger partial charge on any atom is 0.311 e. The molecule has 1 fully saturated rings. The van der Waals surface area contributed by atoms with Crippen molar-refractivity contribution in [2.24, 2.45) is 0 Å². The molecule has 0 bridgehead atoms. The molecule has 1 heterocycles. The van der Waals surface area contributed by atoms with E-state index in [1.807, 2.05) is 11.8 Å². The first-order valence-corrected chi connectivity index (χ1v) is 7.81. The molecule has 20 heavy (non-hydrogen) atoms. The van der Waals surface area contributed by atoms with Gasteiger partial charge in [-0.25, -0.2) is 0 Å². The number of thioether (sulfide) groups is 1. The zero-order chi connectivity index (χ0) is 14.6. The van der Waals surface area contributed by atoms with Crippen LogP contribution in [0.3, 0.4) is 0 Å². The van der Waals surface area contributed by atoms with Crippen LogP contribution in [0.1, 0.15) is 25.7 Å². The molecule has 0 amide bonds. The van der Waals surface area contributed by atoms with Gasteiger partial charge in [-0.1, -0.05) is 12.8 Å². The average Bonchev–Trinajstić information content (AvgIpc) is 2.94. The molecular weight excluding hydrogens is 278 g/mol. The van der Waals surface area contributed by atoms with Gasteiger partial charge in [-0.05, 0) is 19.1 Å². The fraction of sp³-hybridized carbons (Fsp3) is 0.615. The lowest BCUT2D eigenvalue weighted by molar-refractivity contribution is -0.384. The fourth-order valence-electron chi connectivity index (χ4n) is 2.54. The fourth-order valence-corrected chi connectivity index (χ4v) is 3.46. The summed E-state index contributed by atoms with van der Waals surface area (Å²) in [4.78, 5) is 14.8. The van der Waals surface area contributed by atoms with E-state index in [4.69, 9.17) is 4.74 Å². The van der Waals surface area contributed by atoms with Gasteiger partial charge in [-0.3, -0.25) is 10.1 Å². The SMILES string of the molecule is COc1ccc([N+](=O)[O-])c(NCC2(SC)CCCC2)n1. The van der Waals surface area contributed by atoms with Gasteiger partial charge in [0.05, 0.1) is 12.0 Å². The van der Waals surface area contributed by atoms with Crippen LogP contribution in [0.2, 0.25) is 0 Å². The molecule has 0 radical (unpaired) electrons. The van der Waals surface area contributed by atoms with Gasteiger partial charge in [-0.2, -0.15) is 16.7 Å². The monoisotopic (exact) mass is 297 g/mol. The van der Waals surface area contributed by atoms with Gasteiger partial charge in [-0.15, -0.1) is 0 Å². The Kier molecular flexibility index (Phi) is 4.69. The molecule has 0 saturated heterocycles. The predicted molar refractivity (Wildman–Crippen MR) is 80.6 cm³/mol. The van der Waals surface area contributed by atoms with Crippen molar-refractivity contribution in [3.63, 3.8) is 0 Å². The highest BCUT2D eigenvalue weighted by Gasteiger charge is 2.33. The summed E-state index contributed by atoms with van der Waals surface area (Å²) in [6.45, 7) is 0.690. The van der Waals surface area contributed by atoms with Crippen LogP contribution in [0.25, 0.3) is 0 Å². The molecule has 110 valence electrons. The van der Waals surface area contributed by atoms with E-state index >= 15 is 0 Å². The van der Waals surface area contributed by atoms with Crippen molar-refractivity contribution in [3.05, 3.63) is 22.2 Å². The standard InChI is InChI=1S/C13H19N3O3S/c1-19-11-6-5-10(16(17)18)12(15-11)14-9-13(20-2)7-3-4-8-13/h5-6H,3-4,7-9H2,1-2H3,(H,14,15). The van der Waals surface area contributed by atoms with E-state index in [9.17, 15) is 10.1 Å². The van der Waals surface area contributed by atoms with E-state index in [1.165, 1.54) is 32.1 Å². The molecule has 0 aromatic carbocycles. The van der Waals surface area contributed by atoms with Crippen LogP contribution in [-0.4, -0.2) is 34.6 Å². The van der Waals surface area contributed by atoms with E-state index < -0.39 is 4.92 Å². The second-order valence-electron chi connectivity index (χ2n) is 4.93. The maximum absolute atomic E-state index is 11.0. The first-order valence-electron chi connectivity index (χ1n) is 6.59. The Morgan fingerprint density at radius 2 is 2.20 bits per heavy atom. The lowest BCUT2D eigenvalue weighted by Gasteiger charge is -2.27. The first kappa shape index (κ1) is 14.9. The Balaban J connectivity index is 2.16. The van der Waals surface area contributed by atoms with Crippen molar-refractivity contribution < 1.29 is 9.66 Å². The van der Waals surface area contributed by atoms with Crippen molar-refractivity contribution in [2.75, 3.05) is 25.2 Å². The number of hydrogen-bond acceptors (Lipinski definition) is 6. The Labute approximate surface area is 122 Å². The Morgan fingerprint density at radius 3 is 2.75 bits per heavy atom. The smallest absolute Gasteiger partial charge is 0.311 e. The molecule has 0 atom stereocenters. The number of rotatable bonds is 6. The molecular formula is C13H19N3O3S. The van der Waals surface area contributed by atoms with Crippen molar-refractivity contribution in [2.45, 2.75) is 30.4 Å². The Bertz CT molecular complexity index is 490. The van der Waals surface area contributed by atoms with Gasteiger partial charge in [0.15, 0.2) is 0 Å². The van der Waals surface area contributed by atoms with E-state index in [1.54, 1.807) is 0 Å². The van der Waals surface area contributed by atoms with Crippen LogP contribution < -0.4 is 10.1 Å². The third kappa shape index (κ3) is 3.15. The van der Waals surface area contributed by atoms with Gasteiger partial charge >= 0.3 is 5.69 Å². The lowest BCUT2D eigenvalue weighted by Crippen LogP contribution is -2.30. The normalized spacial score (nSPS) is 16.9. The third-order valence-corrected chi connectivity index (χ3v) is 5.20. The van der Waals surface area contributed by atoms with Gasteiger partial charge in [0, 0.05) is 23.4 Å². The number of nitrogens with one attached hydrogen (secondary N) is 1. The van der Waals surface area contributed by atoms with Crippen LogP contribution in [0.5, 0.6) is 5.88 Å². The highest BCUT2D eigenvalue weighted by molar-refractivity contribution is 8.00. The van der Waals surface area contributed by atoms with E-state index in [2.05, 4.69) is 16.6 Å². The molecule has 1 aliphatic carbocycles. The minimum absolute atomic E-state index is 0.0138. The first-order chi connectivity index (χ1) is 9.60. The summed E-state index contributed by atoms with van der Waals surface area (Å²) in [5.74, 6) is 0.664. The number of nitrogens with zero attached hydrogens (tertiary/aromatic N) is 2. The molecule has 7 heteroatoms. The summed E-state index contributed by atoms with van der Waals surface area (Å²) in [7, 11) is 1.50. The molecule has 0 unspecified atom stereocenters. The van der Waals surface area contributed by atoms with E-state index in [-0.39, 0.29) is 16.3 Å². The van der Waals surface area contributed by atoms with E-state index in [0.29, 0.717) is 12.4 Å². The zero-order valence-corrected chi connectivity index (χ0v) is 12.5. The van der Waals surface area contributed by atoms with Crippen LogP contribution in [0, 0.1) is 10.1 Å². The summed E-state index contributed by atoms with van der Waals surface area (Å²) in [6, 6.07) is 2.93. The molecule has 1 aromatic heterocycles. The molecule has 0 aliphatic heterocycles. The second kappa shape index (κ2) is 6.30. The molecule has 1 aliphatic rings. The van der Waals surface area contributed by atoms with Crippen molar-refractivity contribution in [1.29, 1.82) is 0 Å². The third-order valence-electron chi connectivity index (χ3n) is 3.78. The van der Waals surface area contributed by atoms with E-state index in [0.717, 1.165) is 12.8 Å². The predicted octanol–water partition coefficient (Wildman–Crippen LogP) is 3.09. The highest BCUT2D eigenvalue weighted by atomic mass is 32.2. The number of ether oxygens (including phenoxy) is 1. The van der Waals surface area contributed by atoms with Crippen LogP contribution in [0.4, 0.5) is 11.5 Å². The number of pyridine rings is 1. The van der Waals surface area contributed by atoms with Crippen LogP contribution >= 0.6 is 11.8 Å². The zero-order valence-electron chi connectivity index (χ0n) is 11.7. The minimum atomic E-state index is -0.421. The van der Waals surface area contributed by atoms with Crippen LogP contribution in [-0.2, 0) is 0 Å². The molecule has 1 saturated carbocycles. The lowest BCUT2D eigenvalue weighted by atomic mass is 10.1. The summed E-state index contributed by atoms with van der Waals surface area (Å²) >= 11 is 1.83. The summed E-state index contributed by atoms with van der Waals surface area (Å²) in [5.41, 5.74) is -0.0138. The van der Waals surface area contributed by atoms with Crippen molar-refractivity contribution in [3.8, 4) is 5.88 Å². The largest absolute Gasteiger partial charge is 0.481 e. The maximum atomic E-state index is 11.0. The molecule has 1 aromatic rings. The second-order valence-corrected chi connectivity index (χ2v) is 6.20. The van der Waals surface area contributed by atoms with Gasteiger partial charge in [0.2, 0.25) is 11.7 Å². The number of hydrogen-bond donors (Lipinski definition) is 1. The Morgan fingerprint density at radius 1 is 1.50 bits per heavy atom. The molecule has 6 nitrogen and oxygen atoms in total. The molecule has 0 spiro atoms. The number of methoxy groups -OCH3 is 1. The summed E-state index contributed by atoms with van der Waals surface area (Å²) in [5, 5.41) is 14.2. The number of aromatic nitrogens is 1. The van der Waals surface area contributed by atoms with Gasteiger partial charge in [0.25, 0.3) is 0 Å².